The van der Waals surface area contributed by atoms with Crippen molar-refractivity contribution in [2.45, 2.75) is 65.7 Å². The number of carbonyl (C=O) groups is 1. The van der Waals surface area contributed by atoms with Crippen molar-refractivity contribution in [2.75, 3.05) is 13.1 Å². The van der Waals surface area contributed by atoms with Gasteiger partial charge in [0.1, 0.15) is 17.6 Å². The molecule has 1 aliphatic heterocycles. The molecule has 0 unspecified atom stereocenters. The van der Waals surface area contributed by atoms with Crippen LogP contribution >= 0.6 is 0 Å². The van der Waals surface area contributed by atoms with Gasteiger partial charge in [-0.2, -0.15) is 5.26 Å². The lowest BCUT2D eigenvalue weighted by molar-refractivity contribution is -0.132. The highest BCUT2D eigenvalue weighted by atomic mass is 19.3. The summed E-state index contributed by atoms with van der Waals surface area (Å²) in [6.45, 7) is 10.7. The maximum Gasteiger partial charge on any atom is 0.265 e. The normalized spacial score (nSPS) is 14.0. The third-order valence-electron chi connectivity index (χ3n) is 7.08. The molecule has 1 heterocycles. The summed E-state index contributed by atoms with van der Waals surface area (Å²) in [5.74, 6) is -3.84. The van der Waals surface area contributed by atoms with Crippen molar-refractivity contribution in [3.05, 3.63) is 101 Å². The summed E-state index contributed by atoms with van der Waals surface area (Å²) in [6, 6.07) is 14.8. The Morgan fingerprint density at radius 3 is 2.44 bits per heavy atom. The minimum atomic E-state index is -2.98. The van der Waals surface area contributed by atoms with Gasteiger partial charge < -0.3 is 9.80 Å². The molecular weight excluding hydrogens is 523 g/mol. The first-order valence-electron chi connectivity index (χ1n) is 14.1. The number of hydrogen-bond acceptors (Lipinski definition) is 3. The molecule has 41 heavy (non-hydrogen) atoms. The van der Waals surface area contributed by atoms with E-state index < -0.39 is 18.4 Å². The molecule has 0 bridgehead atoms. The lowest BCUT2D eigenvalue weighted by Crippen LogP contribution is -2.42. The monoisotopic (exact) mass is 561 g/mol. The summed E-state index contributed by atoms with van der Waals surface area (Å²) in [4.78, 5) is 16.0. The van der Waals surface area contributed by atoms with Gasteiger partial charge in [-0.1, -0.05) is 70.2 Å². The van der Waals surface area contributed by atoms with Crippen molar-refractivity contribution in [1.29, 1.82) is 5.26 Å². The number of alkyl halides is 2. The Morgan fingerprint density at radius 1 is 1.10 bits per heavy atom. The SMILES string of the molecule is C=C1C=C(C(=O)N(CCC)CC(F)(F)CC)C=CN1/C(C#N)=C(\CCCC)c1ccccc1-c1ccc(C)cc1F. The first kappa shape index (κ1) is 31.5. The molecule has 0 spiro atoms. The van der Waals surface area contributed by atoms with Gasteiger partial charge in [0, 0.05) is 36.0 Å². The lowest BCUT2D eigenvalue weighted by Gasteiger charge is -2.30. The van der Waals surface area contributed by atoms with E-state index in [4.69, 9.17) is 0 Å². The predicted octanol–water partition coefficient (Wildman–Crippen LogP) is 8.78. The summed E-state index contributed by atoms with van der Waals surface area (Å²) in [7, 11) is 0. The van der Waals surface area contributed by atoms with Gasteiger partial charge in [-0.3, -0.25) is 4.79 Å². The maximum absolute atomic E-state index is 15.1. The number of hydrogen-bond donors (Lipinski definition) is 0. The molecule has 0 aromatic heterocycles. The van der Waals surface area contributed by atoms with E-state index >= 15 is 4.39 Å². The lowest BCUT2D eigenvalue weighted by atomic mass is 9.89. The topological polar surface area (TPSA) is 47.3 Å². The Labute approximate surface area is 241 Å². The largest absolute Gasteiger partial charge is 0.333 e. The Bertz CT molecular complexity index is 1410. The summed E-state index contributed by atoms with van der Waals surface area (Å²) in [5.41, 5.74) is 4.29. The summed E-state index contributed by atoms with van der Waals surface area (Å²) >= 11 is 0. The molecule has 1 amide bonds. The minimum absolute atomic E-state index is 0.201. The Hall–Kier alpha value is -4.05. The number of nitriles is 1. The number of rotatable bonds is 12. The van der Waals surface area contributed by atoms with Crippen molar-refractivity contribution >= 4 is 11.5 Å². The van der Waals surface area contributed by atoms with Crippen LogP contribution in [0.4, 0.5) is 13.2 Å². The average Bonchev–Trinajstić information content (AvgIpc) is 2.95. The number of amides is 1. The number of carbonyl (C=O) groups excluding carboxylic acids is 1. The number of benzene rings is 2. The fourth-order valence-electron chi connectivity index (χ4n) is 4.82. The van der Waals surface area contributed by atoms with E-state index in [1.54, 1.807) is 17.2 Å². The molecule has 0 atom stereocenters. The maximum atomic E-state index is 15.1. The quantitative estimate of drug-likeness (QED) is 0.243. The van der Waals surface area contributed by atoms with Crippen LogP contribution in [0.15, 0.2) is 84.4 Å². The van der Waals surface area contributed by atoms with Crippen LogP contribution in [-0.4, -0.2) is 34.7 Å². The number of unbranched alkanes of at least 4 members (excludes halogenated alkanes) is 1. The van der Waals surface area contributed by atoms with Gasteiger partial charge in [0.25, 0.3) is 11.8 Å². The van der Waals surface area contributed by atoms with Crippen molar-refractivity contribution in [2.24, 2.45) is 0 Å². The van der Waals surface area contributed by atoms with E-state index in [0.717, 1.165) is 29.5 Å². The summed E-state index contributed by atoms with van der Waals surface area (Å²) in [5, 5.41) is 10.4. The van der Waals surface area contributed by atoms with Crippen LogP contribution in [0.2, 0.25) is 0 Å². The third kappa shape index (κ3) is 7.58. The molecule has 0 radical (unpaired) electrons. The van der Waals surface area contributed by atoms with Gasteiger partial charge in [0.2, 0.25) is 0 Å². The molecule has 0 aliphatic carbocycles. The highest BCUT2D eigenvalue weighted by Gasteiger charge is 2.32. The van der Waals surface area contributed by atoms with Crippen LogP contribution in [0.3, 0.4) is 0 Å². The van der Waals surface area contributed by atoms with Gasteiger partial charge in [-0.25, -0.2) is 13.2 Å². The minimum Gasteiger partial charge on any atom is -0.333 e. The zero-order chi connectivity index (χ0) is 30.2. The number of nitrogens with zero attached hydrogens (tertiary/aromatic N) is 3. The van der Waals surface area contributed by atoms with Crippen LogP contribution in [-0.2, 0) is 4.79 Å². The van der Waals surface area contributed by atoms with Gasteiger partial charge in [0.05, 0.1) is 6.54 Å². The van der Waals surface area contributed by atoms with Crippen molar-refractivity contribution in [3.63, 3.8) is 0 Å². The fourth-order valence-corrected chi connectivity index (χ4v) is 4.82. The number of allylic oxidation sites excluding steroid dienone is 3. The first-order valence-corrected chi connectivity index (χ1v) is 14.1. The molecule has 0 fully saturated rings. The zero-order valence-corrected chi connectivity index (χ0v) is 24.3. The van der Waals surface area contributed by atoms with E-state index in [1.165, 1.54) is 30.0 Å². The third-order valence-corrected chi connectivity index (χ3v) is 7.08. The highest BCUT2D eigenvalue weighted by Crippen LogP contribution is 2.37. The highest BCUT2D eigenvalue weighted by molar-refractivity contribution is 5.97. The molecule has 4 nitrogen and oxygen atoms in total. The van der Waals surface area contributed by atoms with Crippen LogP contribution in [0.25, 0.3) is 16.7 Å². The van der Waals surface area contributed by atoms with Crippen molar-refractivity contribution in [3.8, 4) is 17.2 Å². The number of aryl methyl sites for hydroxylation is 1. The Kier molecular flexibility index (Phi) is 10.8. The Balaban J connectivity index is 2.05. The molecule has 1 aliphatic rings. The predicted molar refractivity (Wildman–Crippen MR) is 159 cm³/mol. The van der Waals surface area contributed by atoms with E-state index in [0.29, 0.717) is 35.4 Å². The molecule has 0 saturated carbocycles. The standard InChI is InChI=1S/C34H38F3N3O/c1-6-9-12-30(28-14-11-10-13-27(28)29-16-15-24(4)20-31(29)35)32(22-38)40-19-17-26(21-25(40)5)33(41)39(18-7-2)23-34(36,37)8-3/h10-11,13-17,19-21H,5-9,12,18,23H2,1-4H3/b32-30+. The van der Waals surface area contributed by atoms with E-state index in [1.807, 2.05) is 44.2 Å². The van der Waals surface area contributed by atoms with Crippen LogP contribution in [0, 0.1) is 24.1 Å². The van der Waals surface area contributed by atoms with E-state index in [-0.39, 0.29) is 24.4 Å². The molecule has 0 saturated heterocycles. The second-order valence-electron chi connectivity index (χ2n) is 10.3. The molecule has 7 heteroatoms. The smallest absolute Gasteiger partial charge is 0.265 e. The van der Waals surface area contributed by atoms with Gasteiger partial charge in [0.15, 0.2) is 0 Å². The van der Waals surface area contributed by atoms with Crippen molar-refractivity contribution in [1.82, 2.24) is 9.80 Å². The van der Waals surface area contributed by atoms with Crippen LogP contribution < -0.4 is 0 Å². The van der Waals surface area contributed by atoms with Crippen molar-refractivity contribution < 1.29 is 18.0 Å². The molecule has 216 valence electrons. The summed E-state index contributed by atoms with van der Waals surface area (Å²) < 4.78 is 43.4. The second kappa shape index (κ2) is 14.0. The van der Waals surface area contributed by atoms with E-state index in [2.05, 4.69) is 19.6 Å². The number of halogens is 3. The fraction of sp³-hybridized carbons (Fsp3) is 0.353. The molecule has 2 aromatic rings. The summed E-state index contributed by atoms with van der Waals surface area (Å²) in [6.07, 6.45) is 7.06. The first-order chi connectivity index (χ1) is 19.6. The average molecular weight is 562 g/mol. The second-order valence-corrected chi connectivity index (χ2v) is 10.3. The van der Waals surface area contributed by atoms with Crippen LogP contribution in [0.5, 0.6) is 0 Å². The van der Waals surface area contributed by atoms with Crippen LogP contribution in [0.1, 0.15) is 64.0 Å². The van der Waals surface area contributed by atoms with E-state index in [9.17, 15) is 18.8 Å². The molecule has 2 aromatic carbocycles. The zero-order valence-electron chi connectivity index (χ0n) is 24.3. The molecule has 3 rings (SSSR count). The Morgan fingerprint density at radius 2 is 1.83 bits per heavy atom. The van der Waals surface area contributed by atoms with Gasteiger partial charge in [-0.15, -0.1) is 0 Å². The molecule has 0 N–H and O–H groups in total. The molecular formula is C34H38F3N3O. The van der Waals surface area contributed by atoms with Gasteiger partial charge in [-0.05, 0) is 66.7 Å². The van der Waals surface area contributed by atoms with Gasteiger partial charge >= 0.3 is 0 Å².